The average molecular weight is 416 g/mol. The molecule has 8 heteroatoms. The van der Waals surface area contributed by atoms with Gasteiger partial charge in [0.25, 0.3) is 0 Å². The lowest BCUT2D eigenvalue weighted by molar-refractivity contribution is 0.286. The summed E-state index contributed by atoms with van der Waals surface area (Å²) in [6.07, 6.45) is 4.82. The van der Waals surface area contributed by atoms with E-state index in [2.05, 4.69) is 4.98 Å². The number of hydrogen-bond donors (Lipinski definition) is 0. The molecule has 7 nitrogen and oxygen atoms in total. The molecule has 0 aliphatic heterocycles. The molecule has 1 aromatic carbocycles. The fourth-order valence-electron chi connectivity index (χ4n) is 2.84. The zero-order valence-corrected chi connectivity index (χ0v) is 17.3. The van der Waals surface area contributed by atoms with E-state index in [9.17, 15) is 8.42 Å². The lowest BCUT2D eigenvalue weighted by Crippen LogP contribution is -2.30. The Kier molecular flexibility index (Phi) is 6.90. The first-order chi connectivity index (χ1) is 14.0. The molecule has 3 aromatic rings. The SMILES string of the molecule is CCOc1ccc(S(=O)(=O)N(Cc2cccnc2)Cc2ccco2)cc1OCC. The monoisotopic (exact) mass is 416 g/mol. The fourth-order valence-corrected chi connectivity index (χ4v) is 4.25. The molecule has 0 unspecified atom stereocenters. The van der Waals surface area contributed by atoms with E-state index in [0.717, 1.165) is 5.56 Å². The maximum atomic E-state index is 13.5. The van der Waals surface area contributed by atoms with Crippen LogP contribution in [0.1, 0.15) is 25.2 Å². The smallest absolute Gasteiger partial charge is 0.243 e. The van der Waals surface area contributed by atoms with Crippen molar-refractivity contribution in [1.82, 2.24) is 9.29 Å². The topological polar surface area (TPSA) is 81.9 Å². The Morgan fingerprint density at radius 3 is 2.45 bits per heavy atom. The Labute approximate surface area is 170 Å². The molecule has 2 heterocycles. The number of rotatable bonds is 10. The summed E-state index contributed by atoms with van der Waals surface area (Å²) >= 11 is 0. The summed E-state index contributed by atoms with van der Waals surface area (Å²) in [6, 6.07) is 11.7. The number of pyridine rings is 1. The third kappa shape index (κ3) is 5.16. The molecule has 0 N–H and O–H groups in total. The first-order valence-corrected chi connectivity index (χ1v) is 10.8. The molecule has 0 saturated carbocycles. The van der Waals surface area contributed by atoms with Crippen molar-refractivity contribution in [3.05, 3.63) is 72.4 Å². The van der Waals surface area contributed by atoms with Crippen molar-refractivity contribution in [3.63, 3.8) is 0 Å². The number of aromatic nitrogens is 1. The van der Waals surface area contributed by atoms with Crippen LogP contribution < -0.4 is 9.47 Å². The van der Waals surface area contributed by atoms with E-state index in [1.54, 1.807) is 36.7 Å². The second-order valence-corrected chi connectivity index (χ2v) is 8.13. The summed E-state index contributed by atoms with van der Waals surface area (Å²) in [4.78, 5) is 4.20. The second kappa shape index (κ2) is 9.58. The van der Waals surface area contributed by atoms with Crippen molar-refractivity contribution < 1.29 is 22.3 Å². The Bertz CT molecular complexity index is 1000. The molecule has 0 aliphatic carbocycles. The minimum atomic E-state index is -3.84. The first kappa shape index (κ1) is 20.9. The average Bonchev–Trinajstić information content (AvgIpc) is 3.23. The molecule has 0 aliphatic rings. The van der Waals surface area contributed by atoms with Crippen molar-refractivity contribution in [2.24, 2.45) is 0 Å². The predicted molar refractivity (Wildman–Crippen MR) is 108 cm³/mol. The summed E-state index contributed by atoms with van der Waals surface area (Å²) in [7, 11) is -3.84. The zero-order chi connectivity index (χ0) is 20.7. The van der Waals surface area contributed by atoms with Gasteiger partial charge >= 0.3 is 0 Å². The van der Waals surface area contributed by atoms with E-state index >= 15 is 0 Å². The van der Waals surface area contributed by atoms with Gasteiger partial charge in [0.1, 0.15) is 5.76 Å². The van der Waals surface area contributed by atoms with E-state index in [1.165, 1.54) is 22.7 Å². The van der Waals surface area contributed by atoms with Gasteiger partial charge < -0.3 is 13.9 Å². The van der Waals surface area contributed by atoms with Crippen LogP contribution in [0.3, 0.4) is 0 Å². The highest BCUT2D eigenvalue weighted by Crippen LogP contribution is 2.32. The first-order valence-electron chi connectivity index (χ1n) is 9.35. The Hall–Kier alpha value is -2.84. The molecule has 0 radical (unpaired) electrons. The Morgan fingerprint density at radius 2 is 1.79 bits per heavy atom. The second-order valence-electron chi connectivity index (χ2n) is 6.19. The summed E-state index contributed by atoms with van der Waals surface area (Å²) in [6.45, 7) is 4.81. The largest absolute Gasteiger partial charge is 0.490 e. The molecule has 0 fully saturated rings. The van der Waals surface area contributed by atoms with Crippen molar-refractivity contribution in [2.75, 3.05) is 13.2 Å². The number of nitrogens with zero attached hydrogens (tertiary/aromatic N) is 2. The van der Waals surface area contributed by atoms with Crippen LogP contribution in [-0.2, 0) is 23.1 Å². The summed E-state index contributed by atoms with van der Waals surface area (Å²) in [5, 5.41) is 0. The van der Waals surface area contributed by atoms with E-state index in [1.807, 2.05) is 19.9 Å². The lowest BCUT2D eigenvalue weighted by Gasteiger charge is -2.22. The van der Waals surface area contributed by atoms with E-state index in [0.29, 0.717) is 30.5 Å². The summed E-state index contributed by atoms with van der Waals surface area (Å²) in [5.74, 6) is 1.46. The highest BCUT2D eigenvalue weighted by atomic mass is 32.2. The number of benzene rings is 1. The van der Waals surface area contributed by atoms with Gasteiger partial charge in [0.15, 0.2) is 11.5 Å². The Morgan fingerprint density at radius 1 is 1.00 bits per heavy atom. The minimum absolute atomic E-state index is 0.0986. The van der Waals surface area contributed by atoms with Gasteiger partial charge in [0.05, 0.1) is 30.9 Å². The molecule has 0 atom stereocenters. The third-order valence-electron chi connectivity index (χ3n) is 4.15. The van der Waals surface area contributed by atoms with Crippen LogP contribution in [0, 0.1) is 0 Å². The highest BCUT2D eigenvalue weighted by molar-refractivity contribution is 7.89. The molecule has 2 aromatic heterocycles. The summed E-state index contributed by atoms with van der Waals surface area (Å²) < 4.78 is 44.8. The van der Waals surface area contributed by atoms with E-state index in [4.69, 9.17) is 13.9 Å². The van der Waals surface area contributed by atoms with Crippen molar-refractivity contribution >= 4 is 10.0 Å². The fraction of sp³-hybridized carbons (Fsp3) is 0.286. The van der Waals surface area contributed by atoms with E-state index in [-0.39, 0.29) is 18.0 Å². The molecule has 154 valence electrons. The quantitative estimate of drug-likeness (QED) is 0.499. The van der Waals surface area contributed by atoms with Crippen molar-refractivity contribution in [2.45, 2.75) is 31.8 Å². The van der Waals surface area contributed by atoms with Crippen molar-refractivity contribution in [3.8, 4) is 11.5 Å². The van der Waals surface area contributed by atoms with Crippen LogP contribution in [0.25, 0.3) is 0 Å². The molecule has 0 bridgehead atoms. The van der Waals surface area contributed by atoms with Crippen LogP contribution in [0.5, 0.6) is 11.5 Å². The maximum absolute atomic E-state index is 13.5. The minimum Gasteiger partial charge on any atom is -0.490 e. The van der Waals surface area contributed by atoms with Gasteiger partial charge in [0.2, 0.25) is 10.0 Å². The van der Waals surface area contributed by atoms with Gasteiger partial charge in [-0.05, 0) is 49.7 Å². The molecule has 3 rings (SSSR count). The van der Waals surface area contributed by atoms with Crippen LogP contribution >= 0.6 is 0 Å². The maximum Gasteiger partial charge on any atom is 0.243 e. The van der Waals surface area contributed by atoms with Crippen LogP contribution in [-0.4, -0.2) is 30.9 Å². The van der Waals surface area contributed by atoms with Crippen LogP contribution in [0.4, 0.5) is 0 Å². The molecular formula is C21H24N2O5S. The number of ether oxygens (including phenoxy) is 2. The number of furan rings is 1. The van der Waals surface area contributed by atoms with Gasteiger partial charge in [-0.3, -0.25) is 4.98 Å². The summed E-state index contributed by atoms with van der Waals surface area (Å²) in [5.41, 5.74) is 0.776. The normalized spacial score (nSPS) is 11.6. The van der Waals surface area contributed by atoms with Gasteiger partial charge in [0, 0.05) is 25.0 Å². The van der Waals surface area contributed by atoms with Gasteiger partial charge in [-0.2, -0.15) is 4.31 Å². The lowest BCUT2D eigenvalue weighted by atomic mass is 10.3. The standard InChI is InChI=1S/C21H24N2O5S/c1-3-26-20-10-9-19(13-21(20)27-4-2)29(24,25)23(16-18-8-6-12-28-18)15-17-7-5-11-22-14-17/h5-14H,3-4,15-16H2,1-2H3. The van der Waals surface area contributed by atoms with Crippen molar-refractivity contribution in [1.29, 1.82) is 0 Å². The zero-order valence-electron chi connectivity index (χ0n) is 16.4. The van der Waals surface area contributed by atoms with Gasteiger partial charge in [-0.25, -0.2) is 8.42 Å². The molecule has 29 heavy (non-hydrogen) atoms. The Balaban J connectivity index is 1.97. The highest BCUT2D eigenvalue weighted by Gasteiger charge is 2.27. The van der Waals surface area contributed by atoms with E-state index < -0.39 is 10.0 Å². The van der Waals surface area contributed by atoms with Crippen LogP contribution in [0.15, 0.2) is 70.4 Å². The molecule has 0 saturated heterocycles. The van der Waals surface area contributed by atoms with Gasteiger partial charge in [-0.1, -0.05) is 6.07 Å². The molecule has 0 spiro atoms. The predicted octanol–water partition coefficient (Wildman–Crippen LogP) is 3.86. The van der Waals surface area contributed by atoms with Crippen LogP contribution in [0.2, 0.25) is 0 Å². The third-order valence-corrected chi connectivity index (χ3v) is 5.93. The molecule has 0 amide bonds. The number of sulfonamides is 1. The number of hydrogen-bond acceptors (Lipinski definition) is 6. The van der Waals surface area contributed by atoms with Gasteiger partial charge in [-0.15, -0.1) is 0 Å². The molecular weight excluding hydrogens is 392 g/mol.